The number of phenols is 1. The lowest BCUT2D eigenvalue weighted by molar-refractivity contribution is 0.476. The van der Waals surface area contributed by atoms with Gasteiger partial charge in [0, 0.05) is 11.6 Å². The molecule has 0 aliphatic rings. The number of fused-ring (bicyclic) bond motifs is 1. The number of phenolic OH excluding ortho intramolecular Hbond substituents is 1. The molecule has 0 amide bonds. The Balaban J connectivity index is 2.81. The van der Waals surface area contributed by atoms with Gasteiger partial charge >= 0.3 is 0 Å². The number of halogens is 1. The number of nitrogens with zero attached hydrogens (tertiary/aromatic N) is 2. The maximum Gasteiger partial charge on any atom is 0.134 e. The van der Waals surface area contributed by atoms with Crippen molar-refractivity contribution in [3.05, 3.63) is 29.2 Å². The molecular weight excluding hydrogens is 188 g/mol. The number of aryl methyl sites for hydroxylation is 1. The van der Waals surface area contributed by atoms with Gasteiger partial charge in [-0.05, 0) is 19.1 Å². The third kappa shape index (κ3) is 1.42. The molecule has 0 radical (unpaired) electrons. The van der Waals surface area contributed by atoms with Crippen molar-refractivity contribution in [1.29, 1.82) is 0 Å². The first-order valence-electron chi connectivity index (χ1n) is 3.78. The predicted octanol–water partition coefficient (Wildman–Crippen LogP) is 2.30. The highest BCUT2D eigenvalue weighted by Gasteiger charge is 2.02. The van der Waals surface area contributed by atoms with Gasteiger partial charge in [-0.15, -0.1) is 0 Å². The van der Waals surface area contributed by atoms with Gasteiger partial charge in [-0.2, -0.15) is 0 Å². The fraction of sp³-hybridized carbons (Fsp3) is 0.111. The van der Waals surface area contributed by atoms with E-state index in [9.17, 15) is 5.11 Å². The van der Waals surface area contributed by atoms with Crippen LogP contribution >= 0.6 is 11.6 Å². The molecule has 66 valence electrons. The zero-order valence-electron chi connectivity index (χ0n) is 6.95. The first kappa shape index (κ1) is 8.26. The van der Waals surface area contributed by atoms with Crippen molar-refractivity contribution in [2.45, 2.75) is 6.92 Å². The van der Waals surface area contributed by atoms with Crippen molar-refractivity contribution in [3.8, 4) is 5.75 Å². The summed E-state index contributed by atoms with van der Waals surface area (Å²) < 4.78 is 0. The van der Waals surface area contributed by atoms with Gasteiger partial charge in [-0.3, -0.25) is 0 Å². The van der Waals surface area contributed by atoms with Crippen LogP contribution in [0, 0.1) is 6.92 Å². The summed E-state index contributed by atoms with van der Waals surface area (Å²) in [7, 11) is 0. The van der Waals surface area contributed by atoms with Crippen LogP contribution in [0.2, 0.25) is 5.02 Å². The summed E-state index contributed by atoms with van der Waals surface area (Å²) >= 11 is 5.73. The molecule has 0 aliphatic heterocycles. The lowest BCUT2D eigenvalue weighted by Gasteiger charge is -2.00. The number of benzene rings is 1. The molecule has 0 unspecified atom stereocenters. The Morgan fingerprint density at radius 2 is 2.15 bits per heavy atom. The number of hydrogen-bond donors (Lipinski definition) is 1. The van der Waals surface area contributed by atoms with Crippen LogP contribution in [0.25, 0.3) is 10.9 Å². The summed E-state index contributed by atoms with van der Waals surface area (Å²) in [5.74, 6) is 0.746. The fourth-order valence-electron chi connectivity index (χ4n) is 1.13. The fourth-order valence-corrected chi connectivity index (χ4v) is 1.29. The highest BCUT2D eigenvalue weighted by atomic mass is 35.5. The molecule has 0 atom stereocenters. The lowest BCUT2D eigenvalue weighted by atomic mass is 10.2. The summed E-state index contributed by atoms with van der Waals surface area (Å²) in [5.41, 5.74) is 0.746. The monoisotopic (exact) mass is 194 g/mol. The minimum atomic E-state index is 0.0571. The highest BCUT2D eigenvalue weighted by Crippen LogP contribution is 2.27. The normalized spacial score (nSPS) is 10.6. The van der Waals surface area contributed by atoms with Gasteiger partial charge in [0.05, 0.1) is 10.5 Å². The van der Waals surface area contributed by atoms with Crippen LogP contribution in [0.5, 0.6) is 5.75 Å². The van der Waals surface area contributed by atoms with Crippen LogP contribution in [0.3, 0.4) is 0 Å². The van der Waals surface area contributed by atoms with Crippen molar-refractivity contribution in [2.24, 2.45) is 0 Å². The molecule has 0 aliphatic carbocycles. The van der Waals surface area contributed by atoms with Gasteiger partial charge < -0.3 is 5.11 Å². The zero-order valence-corrected chi connectivity index (χ0v) is 7.71. The van der Waals surface area contributed by atoms with Gasteiger partial charge in [-0.1, -0.05) is 11.6 Å². The largest absolute Gasteiger partial charge is 0.506 e. The van der Waals surface area contributed by atoms with E-state index >= 15 is 0 Å². The van der Waals surface area contributed by atoms with Gasteiger partial charge in [0.2, 0.25) is 0 Å². The Bertz CT molecular complexity index is 470. The predicted molar refractivity (Wildman–Crippen MR) is 50.9 cm³/mol. The average molecular weight is 195 g/mol. The van der Waals surface area contributed by atoms with Gasteiger partial charge in [0.1, 0.15) is 11.6 Å². The van der Waals surface area contributed by atoms with E-state index in [0.29, 0.717) is 10.8 Å². The first-order chi connectivity index (χ1) is 6.16. The Morgan fingerprint density at radius 3 is 2.92 bits per heavy atom. The topological polar surface area (TPSA) is 46.0 Å². The molecular formula is C9H7ClN2O. The Labute approximate surface area is 80.0 Å². The number of hydrogen-bond acceptors (Lipinski definition) is 3. The van der Waals surface area contributed by atoms with Crippen LogP contribution < -0.4 is 0 Å². The Kier molecular flexibility index (Phi) is 1.81. The molecule has 0 fully saturated rings. The van der Waals surface area contributed by atoms with E-state index in [4.69, 9.17) is 11.6 Å². The quantitative estimate of drug-likeness (QED) is 0.700. The van der Waals surface area contributed by atoms with E-state index in [2.05, 4.69) is 9.97 Å². The molecule has 2 rings (SSSR count). The second kappa shape index (κ2) is 2.85. The second-order valence-electron chi connectivity index (χ2n) is 2.78. The minimum absolute atomic E-state index is 0.0571. The van der Waals surface area contributed by atoms with Crippen molar-refractivity contribution in [3.63, 3.8) is 0 Å². The molecule has 3 nitrogen and oxygen atoms in total. The van der Waals surface area contributed by atoms with Gasteiger partial charge in [-0.25, -0.2) is 9.97 Å². The molecule has 1 N–H and O–H groups in total. The Hall–Kier alpha value is -1.35. The van der Waals surface area contributed by atoms with Crippen molar-refractivity contribution in [1.82, 2.24) is 9.97 Å². The number of rotatable bonds is 0. The van der Waals surface area contributed by atoms with Crippen molar-refractivity contribution >= 4 is 22.5 Å². The summed E-state index contributed by atoms with van der Waals surface area (Å²) in [4.78, 5) is 8.18. The van der Waals surface area contributed by atoms with Crippen molar-refractivity contribution in [2.75, 3.05) is 0 Å². The third-order valence-corrected chi connectivity index (χ3v) is 2.07. The molecule has 0 bridgehead atoms. The molecule has 13 heavy (non-hydrogen) atoms. The minimum Gasteiger partial charge on any atom is -0.506 e. The smallest absolute Gasteiger partial charge is 0.134 e. The number of aromatic nitrogens is 2. The summed E-state index contributed by atoms with van der Waals surface area (Å²) in [6.45, 7) is 1.81. The van der Waals surface area contributed by atoms with Crippen LogP contribution in [0.4, 0.5) is 0 Å². The molecule has 0 saturated heterocycles. The van der Waals surface area contributed by atoms with Crippen LogP contribution in [0.1, 0.15) is 5.82 Å². The first-order valence-corrected chi connectivity index (χ1v) is 4.16. The summed E-state index contributed by atoms with van der Waals surface area (Å²) in [6.07, 6.45) is 1.66. The van der Waals surface area contributed by atoms with Crippen LogP contribution in [-0.4, -0.2) is 15.1 Å². The van der Waals surface area contributed by atoms with E-state index in [-0.39, 0.29) is 5.75 Å². The van der Waals surface area contributed by atoms with Gasteiger partial charge in [0.25, 0.3) is 0 Å². The van der Waals surface area contributed by atoms with E-state index in [1.165, 1.54) is 0 Å². The molecule has 1 heterocycles. The number of aromatic hydroxyl groups is 1. The summed E-state index contributed by atoms with van der Waals surface area (Å²) in [5, 5.41) is 10.4. The second-order valence-corrected chi connectivity index (χ2v) is 3.19. The Morgan fingerprint density at radius 1 is 1.38 bits per heavy atom. The van der Waals surface area contributed by atoms with E-state index in [1.807, 2.05) is 0 Å². The van der Waals surface area contributed by atoms with Gasteiger partial charge in [0.15, 0.2) is 0 Å². The highest BCUT2D eigenvalue weighted by molar-refractivity contribution is 6.32. The maximum atomic E-state index is 9.30. The molecule has 1 aromatic heterocycles. The third-order valence-electron chi connectivity index (χ3n) is 1.77. The molecule has 4 heteroatoms. The molecule has 0 saturated carbocycles. The van der Waals surface area contributed by atoms with Crippen LogP contribution in [0.15, 0.2) is 18.3 Å². The summed E-state index contributed by atoms with van der Waals surface area (Å²) in [6, 6.07) is 3.18. The molecule has 0 spiro atoms. The maximum absolute atomic E-state index is 9.30. The molecule has 2 aromatic rings. The average Bonchev–Trinajstić information content (AvgIpc) is 2.08. The SMILES string of the molecule is Cc1ncc2cc(O)c(Cl)cc2n1. The standard InChI is InChI=1S/C9H7ClN2O/c1-5-11-4-6-2-9(13)7(10)3-8(6)12-5/h2-4,13H,1H3. The zero-order chi connectivity index (χ0) is 9.42. The van der Waals surface area contributed by atoms with E-state index < -0.39 is 0 Å². The van der Waals surface area contributed by atoms with Crippen LogP contribution in [-0.2, 0) is 0 Å². The van der Waals surface area contributed by atoms with E-state index in [1.54, 1.807) is 25.3 Å². The lowest BCUT2D eigenvalue weighted by Crippen LogP contribution is -1.87. The molecule has 1 aromatic carbocycles. The van der Waals surface area contributed by atoms with Crippen molar-refractivity contribution < 1.29 is 5.11 Å². The van der Waals surface area contributed by atoms with E-state index in [0.717, 1.165) is 10.9 Å².